The van der Waals surface area contributed by atoms with Crippen LogP contribution in [0.5, 0.6) is 0 Å². The molecular formula is C19H18N4O2. The molecule has 25 heavy (non-hydrogen) atoms. The number of carbonyl (C=O) groups excluding carboxylic acids is 2. The number of benzene rings is 2. The summed E-state index contributed by atoms with van der Waals surface area (Å²) in [5.41, 5.74) is 5.65. The summed E-state index contributed by atoms with van der Waals surface area (Å²) in [4.78, 5) is 23.1. The van der Waals surface area contributed by atoms with Crippen LogP contribution < -0.4 is 10.7 Å². The number of hydrogen-bond acceptors (Lipinski definition) is 3. The molecule has 126 valence electrons. The summed E-state index contributed by atoms with van der Waals surface area (Å²) in [6.07, 6.45) is 3.59. The number of hydrogen-bond donors (Lipinski definition) is 2. The van der Waals surface area contributed by atoms with E-state index in [0.29, 0.717) is 11.3 Å². The van der Waals surface area contributed by atoms with E-state index in [1.54, 1.807) is 30.5 Å². The van der Waals surface area contributed by atoms with Crippen LogP contribution in [-0.4, -0.2) is 22.6 Å². The van der Waals surface area contributed by atoms with Gasteiger partial charge in [0, 0.05) is 47.9 Å². The first kappa shape index (κ1) is 16.4. The highest BCUT2D eigenvalue weighted by molar-refractivity contribution is 6.00. The van der Waals surface area contributed by atoms with Crippen molar-refractivity contribution in [3.8, 4) is 0 Å². The first-order chi connectivity index (χ1) is 12.0. The summed E-state index contributed by atoms with van der Waals surface area (Å²) in [5, 5.41) is 7.77. The summed E-state index contributed by atoms with van der Waals surface area (Å²) in [6.45, 7) is 1.43. The van der Waals surface area contributed by atoms with Crippen molar-refractivity contribution in [1.82, 2.24) is 9.99 Å². The smallest absolute Gasteiger partial charge is 0.271 e. The number of rotatable bonds is 4. The van der Waals surface area contributed by atoms with Crippen molar-refractivity contribution in [3.05, 3.63) is 65.9 Å². The molecule has 2 N–H and O–H groups in total. The second-order valence-electron chi connectivity index (χ2n) is 5.67. The minimum absolute atomic E-state index is 0.156. The number of nitrogens with zero attached hydrogens (tertiary/aromatic N) is 2. The van der Waals surface area contributed by atoms with E-state index in [1.807, 2.05) is 42.1 Å². The van der Waals surface area contributed by atoms with Crippen molar-refractivity contribution in [1.29, 1.82) is 0 Å². The van der Waals surface area contributed by atoms with Gasteiger partial charge < -0.3 is 9.88 Å². The van der Waals surface area contributed by atoms with Gasteiger partial charge in [0.15, 0.2) is 0 Å². The summed E-state index contributed by atoms with van der Waals surface area (Å²) < 4.78 is 2.01. The van der Waals surface area contributed by atoms with E-state index in [-0.39, 0.29) is 11.8 Å². The van der Waals surface area contributed by atoms with Crippen LogP contribution >= 0.6 is 0 Å². The normalized spacial score (nSPS) is 11.0. The molecule has 0 aliphatic carbocycles. The number of hydrazone groups is 1. The van der Waals surface area contributed by atoms with Crippen molar-refractivity contribution >= 4 is 34.6 Å². The SMILES string of the molecule is CC(=O)Nc1ccc(C(=O)N/N=C\c2cn(C)c3ccccc23)cc1. The Morgan fingerprint density at radius 1 is 1.08 bits per heavy atom. The Balaban J connectivity index is 1.69. The Morgan fingerprint density at radius 3 is 2.52 bits per heavy atom. The molecule has 6 nitrogen and oxygen atoms in total. The van der Waals surface area contributed by atoms with E-state index in [0.717, 1.165) is 16.5 Å². The van der Waals surface area contributed by atoms with E-state index in [9.17, 15) is 9.59 Å². The summed E-state index contributed by atoms with van der Waals surface area (Å²) in [5.74, 6) is -0.470. The number of para-hydroxylation sites is 1. The average molecular weight is 334 g/mol. The molecule has 2 amide bonds. The van der Waals surface area contributed by atoms with E-state index < -0.39 is 0 Å². The summed E-state index contributed by atoms with van der Waals surface area (Å²) >= 11 is 0. The van der Waals surface area contributed by atoms with E-state index in [4.69, 9.17) is 0 Å². The van der Waals surface area contributed by atoms with E-state index >= 15 is 0 Å². The topological polar surface area (TPSA) is 75.5 Å². The number of fused-ring (bicyclic) bond motifs is 1. The van der Waals surface area contributed by atoms with Gasteiger partial charge in [-0.1, -0.05) is 18.2 Å². The molecule has 0 bridgehead atoms. The van der Waals surface area contributed by atoms with Gasteiger partial charge in [-0.05, 0) is 30.3 Å². The monoisotopic (exact) mass is 334 g/mol. The fraction of sp³-hybridized carbons (Fsp3) is 0.105. The predicted octanol–water partition coefficient (Wildman–Crippen LogP) is 2.90. The molecule has 1 aromatic heterocycles. The largest absolute Gasteiger partial charge is 0.350 e. The molecule has 6 heteroatoms. The van der Waals surface area contributed by atoms with Gasteiger partial charge in [-0.15, -0.1) is 0 Å². The molecule has 0 unspecified atom stereocenters. The molecule has 0 fully saturated rings. The van der Waals surface area contributed by atoms with Crippen molar-refractivity contribution in [2.75, 3.05) is 5.32 Å². The third kappa shape index (κ3) is 3.74. The van der Waals surface area contributed by atoms with Crippen LogP contribution in [0.2, 0.25) is 0 Å². The van der Waals surface area contributed by atoms with Crippen LogP contribution in [0.4, 0.5) is 5.69 Å². The minimum atomic E-state index is -0.314. The number of amides is 2. The van der Waals surface area contributed by atoms with Crippen LogP contribution in [0.15, 0.2) is 59.8 Å². The van der Waals surface area contributed by atoms with E-state index in [2.05, 4.69) is 15.8 Å². The predicted molar refractivity (Wildman–Crippen MR) is 98.7 cm³/mol. The lowest BCUT2D eigenvalue weighted by atomic mass is 10.2. The highest BCUT2D eigenvalue weighted by Crippen LogP contribution is 2.18. The Labute approximate surface area is 145 Å². The minimum Gasteiger partial charge on any atom is -0.350 e. The standard InChI is InChI=1S/C19H18N4O2/c1-13(24)21-16-9-7-14(8-10-16)19(25)22-20-11-15-12-23(2)18-6-4-3-5-17(15)18/h3-12H,1-2H3,(H,21,24)(H,22,25)/b20-11-. The maximum absolute atomic E-state index is 12.1. The van der Waals surface area contributed by atoms with Gasteiger partial charge >= 0.3 is 0 Å². The molecule has 0 saturated carbocycles. The van der Waals surface area contributed by atoms with Crippen LogP contribution in [0.1, 0.15) is 22.8 Å². The van der Waals surface area contributed by atoms with Gasteiger partial charge in [-0.25, -0.2) is 5.43 Å². The van der Waals surface area contributed by atoms with Crippen molar-refractivity contribution in [3.63, 3.8) is 0 Å². The highest BCUT2D eigenvalue weighted by atomic mass is 16.2. The molecule has 3 rings (SSSR count). The van der Waals surface area contributed by atoms with Gasteiger partial charge in [0.05, 0.1) is 6.21 Å². The van der Waals surface area contributed by atoms with Crippen molar-refractivity contribution in [2.45, 2.75) is 6.92 Å². The zero-order chi connectivity index (χ0) is 17.8. The maximum atomic E-state index is 12.1. The summed E-state index contributed by atoms with van der Waals surface area (Å²) in [7, 11) is 1.97. The third-order valence-corrected chi connectivity index (χ3v) is 3.76. The average Bonchev–Trinajstić information content (AvgIpc) is 2.91. The van der Waals surface area contributed by atoms with Crippen molar-refractivity contribution in [2.24, 2.45) is 12.1 Å². The molecule has 1 heterocycles. The zero-order valence-corrected chi connectivity index (χ0v) is 14.0. The lowest BCUT2D eigenvalue weighted by Crippen LogP contribution is -2.17. The van der Waals surface area contributed by atoms with Gasteiger partial charge in [0.2, 0.25) is 5.91 Å². The Bertz CT molecular complexity index is 955. The molecule has 0 spiro atoms. The molecule has 0 radical (unpaired) electrons. The van der Waals surface area contributed by atoms with Crippen molar-refractivity contribution < 1.29 is 9.59 Å². The molecule has 0 aliphatic heterocycles. The third-order valence-electron chi connectivity index (χ3n) is 3.76. The van der Waals surface area contributed by atoms with Gasteiger partial charge in [-0.3, -0.25) is 9.59 Å². The fourth-order valence-corrected chi connectivity index (χ4v) is 2.61. The molecule has 0 saturated heterocycles. The number of aryl methyl sites for hydroxylation is 1. The van der Waals surface area contributed by atoms with Crippen LogP contribution in [0.25, 0.3) is 10.9 Å². The Kier molecular flexibility index (Phi) is 4.61. The number of nitrogens with one attached hydrogen (secondary N) is 2. The highest BCUT2D eigenvalue weighted by Gasteiger charge is 2.06. The lowest BCUT2D eigenvalue weighted by molar-refractivity contribution is -0.114. The molecule has 2 aromatic carbocycles. The van der Waals surface area contributed by atoms with Crippen LogP contribution in [0, 0.1) is 0 Å². The molecule has 3 aromatic rings. The Morgan fingerprint density at radius 2 is 1.80 bits per heavy atom. The Hall–Kier alpha value is -3.41. The maximum Gasteiger partial charge on any atom is 0.271 e. The second-order valence-corrected chi connectivity index (χ2v) is 5.67. The van der Waals surface area contributed by atoms with Gasteiger partial charge in [-0.2, -0.15) is 5.10 Å². The number of anilines is 1. The molecule has 0 atom stereocenters. The van der Waals surface area contributed by atoms with Crippen LogP contribution in [-0.2, 0) is 11.8 Å². The van der Waals surface area contributed by atoms with Gasteiger partial charge in [0.1, 0.15) is 0 Å². The number of carbonyl (C=O) groups is 2. The van der Waals surface area contributed by atoms with E-state index in [1.165, 1.54) is 6.92 Å². The van der Waals surface area contributed by atoms with Gasteiger partial charge in [0.25, 0.3) is 5.91 Å². The lowest BCUT2D eigenvalue weighted by Gasteiger charge is -2.03. The quantitative estimate of drug-likeness (QED) is 0.568. The second kappa shape index (κ2) is 7.00. The first-order valence-electron chi connectivity index (χ1n) is 7.80. The molecular weight excluding hydrogens is 316 g/mol. The molecule has 0 aliphatic rings. The fourth-order valence-electron chi connectivity index (χ4n) is 2.61. The number of aromatic nitrogens is 1. The first-order valence-corrected chi connectivity index (χ1v) is 7.80. The zero-order valence-electron chi connectivity index (χ0n) is 14.0. The summed E-state index contributed by atoms with van der Waals surface area (Å²) in [6, 6.07) is 14.6. The van der Waals surface area contributed by atoms with Crippen LogP contribution in [0.3, 0.4) is 0 Å².